The zero-order chi connectivity index (χ0) is 14.8. The number of hydrogen-bond acceptors (Lipinski definition) is 3. The molecule has 0 bridgehead atoms. The van der Waals surface area contributed by atoms with Gasteiger partial charge in [0.25, 0.3) is 0 Å². The van der Waals surface area contributed by atoms with E-state index in [-0.39, 0.29) is 24.6 Å². The molecule has 0 saturated carbocycles. The highest BCUT2D eigenvalue weighted by Gasteiger charge is 2.28. The number of esters is 1. The molecule has 0 spiro atoms. The van der Waals surface area contributed by atoms with Crippen molar-refractivity contribution in [3.63, 3.8) is 0 Å². The largest absolute Gasteiger partial charge is 0.456 e. The molecule has 1 aromatic rings. The first-order valence-electron chi connectivity index (χ1n) is 7.14. The smallest absolute Gasteiger partial charge is 0.326 e. The molecule has 6 heteroatoms. The molecule has 1 saturated heterocycles. The molecule has 21 heavy (non-hydrogen) atoms. The van der Waals surface area contributed by atoms with E-state index < -0.39 is 0 Å². The number of rotatable bonds is 3. The van der Waals surface area contributed by atoms with Gasteiger partial charge in [-0.2, -0.15) is 0 Å². The maximum absolute atomic E-state index is 12.0. The van der Waals surface area contributed by atoms with Crippen LogP contribution in [0.5, 0.6) is 0 Å². The summed E-state index contributed by atoms with van der Waals surface area (Å²) in [6, 6.07) is 5.48. The summed E-state index contributed by atoms with van der Waals surface area (Å²) in [7, 11) is 0. The molecule has 3 rings (SSSR count). The van der Waals surface area contributed by atoms with Crippen LogP contribution in [0, 0.1) is 0 Å². The number of nitrogens with zero attached hydrogens (tertiary/aromatic N) is 1. The molecule has 1 heterocycles. The van der Waals surface area contributed by atoms with Crippen molar-refractivity contribution in [2.75, 3.05) is 19.6 Å². The number of ether oxygens (including phenoxy) is 1. The van der Waals surface area contributed by atoms with Gasteiger partial charge in [-0.15, -0.1) is 0 Å². The first-order valence-corrected chi connectivity index (χ1v) is 7.52. The van der Waals surface area contributed by atoms with E-state index in [9.17, 15) is 9.59 Å². The molecule has 2 amide bonds. The number of halogens is 1. The summed E-state index contributed by atoms with van der Waals surface area (Å²) in [5, 5.41) is 3.36. The molecule has 1 N–H and O–H groups in total. The Kier molecular flexibility index (Phi) is 4.01. The van der Waals surface area contributed by atoms with Crippen LogP contribution in [-0.2, 0) is 16.0 Å². The van der Waals surface area contributed by atoms with E-state index >= 15 is 0 Å². The number of urea groups is 1. The Hall–Kier alpha value is -1.75. The molecule has 0 aromatic heterocycles. The van der Waals surface area contributed by atoms with Crippen LogP contribution in [0.2, 0.25) is 5.02 Å². The fourth-order valence-electron chi connectivity index (χ4n) is 2.84. The predicted octanol–water partition coefficient (Wildman–Crippen LogP) is 2.29. The minimum absolute atomic E-state index is 0.00175. The highest BCUT2D eigenvalue weighted by Crippen LogP contribution is 2.35. The second-order valence-corrected chi connectivity index (χ2v) is 5.80. The van der Waals surface area contributed by atoms with Crippen LogP contribution >= 0.6 is 11.6 Å². The van der Waals surface area contributed by atoms with Gasteiger partial charge in [0, 0.05) is 18.1 Å². The maximum Gasteiger partial charge on any atom is 0.326 e. The number of carbonyl (C=O) groups is 2. The summed E-state index contributed by atoms with van der Waals surface area (Å²) < 4.78 is 5.52. The van der Waals surface area contributed by atoms with Gasteiger partial charge < -0.3 is 15.0 Å². The number of fused-ring (bicyclic) bond motifs is 1. The second-order valence-electron chi connectivity index (χ2n) is 5.37. The Morgan fingerprint density at radius 2 is 2.33 bits per heavy atom. The highest BCUT2D eigenvalue weighted by atomic mass is 35.5. The number of nitrogens with one attached hydrogen (secondary N) is 1. The van der Waals surface area contributed by atoms with Crippen molar-refractivity contribution in [3.05, 3.63) is 34.3 Å². The van der Waals surface area contributed by atoms with Crippen molar-refractivity contribution < 1.29 is 14.3 Å². The molecule has 0 radical (unpaired) electrons. The molecule has 2 aliphatic rings. The van der Waals surface area contributed by atoms with Gasteiger partial charge >= 0.3 is 12.0 Å². The SMILES string of the molecule is O=C(CN1CCCNC1=O)O[C@@H]1CCc2ccc(Cl)cc21. The minimum atomic E-state index is -0.370. The van der Waals surface area contributed by atoms with E-state index in [1.807, 2.05) is 18.2 Å². The molecule has 1 fully saturated rings. The van der Waals surface area contributed by atoms with Gasteiger partial charge in [0.05, 0.1) is 0 Å². The lowest BCUT2D eigenvalue weighted by Crippen LogP contribution is -2.48. The van der Waals surface area contributed by atoms with Crippen molar-refractivity contribution in [2.24, 2.45) is 0 Å². The Balaban J connectivity index is 1.61. The zero-order valence-electron chi connectivity index (χ0n) is 11.6. The monoisotopic (exact) mass is 308 g/mol. The van der Waals surface area contributed by atoms with Crippen LogP contribution in [-0.4, -0.2) is 36.5 Å². The van der Waals surface area contributed by atoms with Crippen LogP contribution in [0.3, 0.4) is 0 Å². The zero-order valence-corrected chi connectivity index (χ0v) is 12.4. The first kappa shape index (κ1) is 14.2. The van der Waals surface area contributed by atoms with Gasteiger partial charge in [-0.25, -0.2) is 4.79 Å². The lowest BCUT2D eigenvalue weighted by molar-refractivity contribution is -0.150. The number of aryl methyl sites for hydroxylation is 1. The van der Waals surface area contributed by atoms with Crippen LogP contribution in [0.25, 0.3) is 0 Å². The molecule has 1 atom stereocenters. The van der Waals surface area contributed by atoms with Crippen molar-refractivity contribution in [1.82, 2.24) is 10.2 Å². The standard InChI is InChI=1S/C15H17ClN2O3/c16-11-4-2-10-3-5-13(12(10)8-11)21-14(19)9-18-7-1-6-17-15(18)20/h2,4,8,13H,1,3,5-7,9H2,(H,17,20)/t13-/m1/s1. The second kappa shape index (κ2) is 5.93. The van der Waals surface area contributed by atoms with E-state index in [1.54, 1.807) is 0 Å². The lowest BCUT2D eigenvalue weighted by atomic mass is 10.1. The fourth-order valence-corrected chi connectivity index (χ4v) is 3.02. The Morgan fingerprint density at radius 1 is 1.48 bits per heavy atom. The van der Waals surface area contributed by atoms with Crippen molar-refractivity contribution in [2.45, 2.75) is 25.4 Å². The minimum Gasteiger partial charge on any atom is -0.456 e. The van der Waals surface area contributed by atoms with Gasteiger partial charge in [-0.1, -0.05) is 17.7 Å². The van der Waals surface area contributed by atoms with E-state index in [0.29, 0.717) is 18.1 Å². The molecule has 112 valence electrons. The van der Waals surface area contributed by atoms with E-state index in [1.165, 1.54) is 10.5 Å². The van der Waals surface area contributed by atoms with Crippen LogP contribution < -0.4 is 5.32 Å². The fraction of sp³-hybridized carbons (Fsp3) is 0.467. The summed E-state index contributed by atoms with van der Waals surface area (Å²) in [5.41, 5.74) is 2.16. The van der Waals surface area contributed by atoms with Crippen LogP contribution in [0.1, 0.15) is 30.1 Å². The molecule has 1 aliphatic carbocycles. The average Bonchev–Trinajstić information content (AvgIpc) is 2.84. The molecule has 0 unspecified atom stereocenters. The third-order valence-electron chi connectivity index (χ3n) is 3.89. The van der Waals surface area contributed by atoms with Crippen molar-refractivity contribution >= 4 is 23.6 Å². The Morgan fingerprint density at radius 3 is 3.14 bits per heavy atom. The van der Waals surface area contributed by atoms with E-state index in [2.05, 4.69) is 5.32 Å². The maximum atomic E-state index is 12.0. The third kappa shape index (κ3) is 3.13. The van der Waals surface area contributed by atoms with Gasteiger partial charge in [0.2, 0.25) is 0 Å². The van der Waals surface area contributed by atoms with Gasteiger partial charge in [-0.3, -0.25) is 4.79 Å². The summed E-state index contributed by atoms with van der Waals surface area (Å²) in [4.78, 5) is 25.1. The molecule has 1 aliphatic heterocycles. The molecular formula is C15H17ClN2O3. The van der Waals surface area contributed by atoms with E-state index in [0.717, 1.165) is 24.8 Å². The molecule has 1 aromatic carbocycles. The summed E-state index contributed by atoms with van der Waals surface area (Å²) in [6.07, 6.45) is 2.25. The molecule has 5 nitrogen and oxygen atoms in total. The Bertz CT molecular complexity index is 576. The van der Waals surface area contributed by atoms with Crippen molar-refractivity contribution in [1.29, 1.82) is 0 Å². The quantitative estimate of drug-likeness (QED) is 0.872. The number of amides is 2. The molecular weight excluding hydrogens is 292 g/mol. The topological polar surface area (TPSA) is 58.6 Å². The van der Waals surface area contributed by atoms with E-state index in [4.69, 9.17) is 16.3 Å². The predicted molar refractivity (Wildman–Crippen MR) is 78.2 cm³/mol. The third-order valence-corrected chi connectivity index (χ3v) is 4.13. The Labute approximate surface area is 128 Å². The van der Waals surface area contributed by atoms with Gasteiger partial charge in [-0.05, 0) is 42.5 Å². The summed E-state index contributed by atoms with van der Waals surface area (Å²) in [6.45, 7) is 1.26. The van der Waals surface area contributed by atoms with Crippen molar-refractivity contribution in [3.8, 4) is 0 Å². The summed E-state index contributed by atoms with van der Waals surface area (Å²) in [5.74, 6) is -0.370. The van der Waals surface area contributed by atoms with Crippen LogP contribution in [0.15, 0.2) is 18.2 Å². The average molecular weight is 309 g/mol. The highest BCUT2D eigenvalue weighted by molar-refractivity contribution is 6.30. The summed E-state index contributed by atoms with van der Waals surface area (Å²) >= 11 is 6.00. The first-order chi connectivity index (χ1) is 10.1. The lowest BCUT2D eigenvalue weighted by Gasteiger charge is -2.27. The van der Waals surface area contributed by atoms with Gasteiger partial charge in [0.1, 0.15) is 12.6 Å². The van der Waals surface area contributed by atoms with Gasteiger partial charge in [0.15, 0.2) is 0 Å². The normalized spacial score (nSPS) is 20.9. The number of carbonyl (C=O) groups excluding carboxylic acids is 2. The van der Waals surface area contributed by atoms with Crippen LogP contribution in [0.4, 0.5) is 4.79 Å². The number of hydrogen-bond donors (Lipinski definition) is 1. The number of benzene rings is 1.